The van der Waals surface area contributed by atoms with Crippen LogP contribution in [0.15, 0.2) is 53.6 Å². The largest absolute Gasteiger partial charge is 0.316 e. The van der Waals surface area contributed by atoms with Crippen LogP contribution < -0.4 is 10.7 Å². The standard InChI is InChI=1S/C19H17N5O3S/c1-12-6-8-15(9-7-12)17-18(21-13(2)25)28-19(22-17)23-20-11-14-4-3-5-16(10-14)24(26)27/h3-11H,1-2H3,(H,21,25)(H,22,23)/b20-11-. The highest BCUT2D eigenvalue weighted by atomic mass is 32.1. The molecule has 0 atom stereocenters. The zero-order chi connectivity index (χ0) is 20.1. The van der Waals surface area contributed by atoms with Crippen LogP contribution in [-0.4, -0.2) is 22.0 Å². The van der Waals surface area contributed by atoms with Gasteiger partial charge in [-0.1, -0.05) is 53.3 Å². The van der Waals surface area contributed by atoms with E-state index < -0.39 is 4.92 Å². The summed E-state index contributed by atoms with van der Waals surface area (Å²) < 4.78 is 0. The molecule has 0 aliphatic carbocycles. The second-order valence-corrected chi connectivity index (χ2v) is 6.97. The molecule has 2 N–H and O–H groups in total. The fourth-order valence-corrected chi connectivity index (χ4v) is 3.28. The SMILES string of the molecule is CC(=O)Nc1sc(N/N=C\c2cccc([N+](=O)[O-])c2)nc1-c1ccc(C)cc1. The summed E-state index contributed by atoms with van der Waals surface area (Å²) in [7, 11) is 0. The number of benzene rings is 2. The van der Waals surface area contributed by atoms with E-state index in [9.17, 15) is 14.9 Å². The van der Waals surface area contributed by atoms with Gasteiger partial charge in [-0.2, -0.15) is 5.10 Å². The van der Waals surface area contributed by atoms with Crippen LogP contribution in [0.4, 0.5) is 15.8 Å². The Morgan fingerprint density at radius 3 is 2.68 bits per heavy atom. The number of anilines is 2. The molecule has 0 bridgehead atoms. The van der Waals surface area contributed by atoms with Crippen molar-refractivity contribution in [3.05, 3.63) is 69.8 Å². The van der Waals surface area contributed by atoms with Crippen molar-refractivity contribution >= 4 is 39.3 Å². The summed E-state index contributed by atoms with van der Waals surface area (Å²) in [6, 6.07) is 14.0. The molecule has 0 radical (unpaired) electrons. The van der Waals surface area contributed by atoms with Crippen molar-refractivity contribution in [2.75, 3.05) is 10.7 Å². The first-order valence-corrected chi connectivity index (χ1v) is 9.13. The number of thiazole rings is 1. The molecular formula is C19H17N5O3S. The van der Waals surface area contributed by atoms with Gasteiger partial charge >= 0.3 is 0 Å². The van der Waals surface area contributed by atoms with Crippen molar-refractivity contribution in [2.24, 2.45) is 5.10 Å². The van der Waals surface area contributed by atoms with Gasteiger partial charge in [0.15, 0.2) is 0 Å². The number of nitrogens with one attached hydrogen (secondary N) is 2. The lowest BCUT2D eigenvalue weighted by molar-refractivity contribution is -0.384. The molecule has 2 aromatic carbocycles. The minimum absolute atomic E-state index is 0.00667. The van der Waals surface area contributed by atoms with E-state index in [1.54, 1.807) is 12.1 Å². The molecule has 0 spiro atoms. The molecule has 1 aromatic heterocycles. The van der Waals surface area contributed by atoms with E-state index in [2.05, 4.69) is 20.8 Å². The summed E-state index contributed by atoms with van der Waals surface area (Å²) in [5, 5.41) is 18.8. The van der Waals surface area contributed by atoms with Crippen molar-refractivity contribution in [3.8, 4) is 11.3 Å². The number of aryl methyl sites for hydroxylation is 1. The molecule has 3 rings (SSSR count). The minimum Gasteiger partial charge on any atom is -0.316 e. The topological polar surface area (TPSA) is 110 Å². The van der Waals surface area contributed by atoms with Crippen LogP contribution in [0.3, 0.4) is 0 Å². The van der Waals surface area contributed by atoms with Crippen LogP contribution >= 0.6 is 11.3 Å². The number of nitro groups is 1. The highest BCUT2D eigenvalue weighted by molar-refractivity contribution is 7.20. The number of amides is 1. The Morgan fingerprint density at radius 2 is 2.00 bits per heavy atom. The van der Waals surface area contributed by atoms with Gasteiger partial charge in [0.05, 0.1) is 11.1 Å². The second-order valence-electron chi connectivity index (χ2n) is 5.97. The van der Waals surface area contributed by atoms with Crippen molar-refractivity contribution < 1.29 is 9.72 Å². The number of hydrogen-bond donors (Lipinski definition) is 2. The van der Waals surface area contributed by atoms with Crippen LogP contribution in [0.5, 0.6) is 0 Å². The Bertz CT molecular complexity index is 1040. The molecule has 9 heteroatoms. The molecule has 0 saturated heterocycles. The fourth-order valence-electron chi connectivity index (χ4n) is 2.40. The molecule has 8 nitrogen and oxygen atoms in total. The number of non-ortho nitro benzene ring substituents is 1. The van der Waals surface area contributed by atoms with Crippen molar-refractivity contribution in [2.45, 2.75) is 13.8 Å². The highest BCUT2D eigenvalue weighted by Gasteiger charge is 2.14. The van der Waals surface area contributed by atoms with Gasteiger partial charge in [0.1, 0.15) is 10.7 Å². The molecule has 28 heavy (non-hydrogen) atoms. The number of hydrazone groups is 1. The predicted molar refractivity (Wildman–Crippen MR) is 111 cm³/mol. The van der Waals surface area contributed by atoms with E-state index in [0.29, 0.717) is 21.4 Å². The number of carbonyl (C=O) groups is 1. The summed E-state index contributed by atoms with van der Waals surface area (Å²) in [5.41, 5.74) is 6.04. The van der Waals surface area contributed by atoms with E-state index in [4.69, 9.17) is 0 Å². The predicted octanol–water partition coefficient (Wildman–Crippen LogP) is 4.43. The molecule has 3 aromatic rings. The average Bonchev–Trinajstić information content (AvgIpc) is 3.04. The van der Waals surface area contributed by atoms with Gasteiger partial charge in [-0.3, -0.25) is 20.3 Å². The second kappa shape index (κ2) is 8.40. The molecular weight excluding hydrogens is 378 g/mol. The van der Waals surface area contributed by atoms with Gasteiger partial charge in [0.25, 0.3) is 5.69 Å². The lowest BCUT2D eigenvalue weighted by Gasteiger charge is -2.02. The molecule has 142 valence electrons. The van der Waals surface area contributed by atoms with E-state index in [-0.39, 0.29) is 11.6 Å². The van der Waals surface area contributed by atoms with Crippen LogP contribution in [0.1, 0.15) is 18.1 Å². The van der Waals surface area contributed by atoms with E-state index in [1.165, 1.54) is 36.6 Å². The summed E-state index contributed by atoms with van der Waals surface area (Å²) in [5.74, 6) is -0.191. The minimum atomic E-state index is -0.459. The maximum atomic E-state index is 11.5. The number of carbonyl (C=O) groups excluding carboxylic acids is 1. The van der Waals surface area contributed by atoms with Gasteiger partial charge in [-0.05, 0) is 6.92 Å². The normalized spacial score (nSPS) is 10.8. The number of hydrogen-bond acceptors (Lipinski definition) is 7. The Labute approximate surface area is 165 Å². The summed E-state index contributed by atoms with van der Waals surface area (Å²) in [4.78, 5) is 26.4. The van der Waals surface area contributed by atoms with E-state index in [1.807, 2.05) is 31.2 Å². The summed E-state index contributed by atoms with van der Waals surface area (Å²) in [6.07, 6.45) is 1.47. The first-order valence-electron chi connectivity index (χ1n) is 8.31. The van der Waals surface area contributed by atoms with Gasteiger partial charge < -0.3 is 5.32 Å². The summed E-state index contributed by atoms with van der Waals surface area (Å²) >= 11 is 1.25. The third kappa shape index (κ3) is 4.77. The maximum absolute atomic E-state index is 11.5. The molecule has 0 saturated carbocycles. The van der Waals surface area contributed by atoms with Gasteiger partial charge in [0.2, 0.25) is 11.0 Å². The van der Waals surface area contributed by atoms with Crippen LogP contribution in [0, 0.1) is 17.0 Å². The van der Waals surface area contributed by atoms with Crippen molar-refractivity contribution in [3.63, 3.8) is 0 Å². The average molecular weight is 395 g/mol. The van der Waals surface area contributed by atoms with Gasteiger partial charge in [-0.15, -0.1) is 0 Å². The first kappa shape index (κ1) is 19.2. The highest BCUT2D eigenvalue weighted by Crippen LogP contribution is 2.36. The molecule has 1 amide bonds. The number of aromatic nitrogens is 1. The van der Waals surface area contributed by atoms with Crippen molar-refractivity contribution in [1.82, 2.24) is 4.98 Å². The molecule has 0 aliphatic rings. The van der Waals surface area contributed by atoms with E-state index in [0.717, 1.165) is 11.1 Å². The molecule has 1 heterocycles. The number of nitrogens with zero attached hydrogens (tertiary/aromatic N) is 3. The van der Waals surface area contributed by atoms with Crippen molar-refractivity contribution in [1.29, 1.82) is 0 Å². The van der Waals surface area contributed by atoms with E-state index >= 15 is 0 Å². The Balaban J connectivity index is 1.82. The third-order valence-electron chi connectivity index (χ3n) is 3.70. The van der Waals surface area contributed by atoms with Crippen LogP contribution in [-0.2, 0) is 4.79 Å². The lowest BCUT2D eigenvalue weighted by Crippen LogP contribution is -2.05. The van der Waals surface area contributed by atoms with Gasteiger partial charge in [0, 0.05) is 30.2 Å². The van der Waals surface area contributed by atoms with Crippen LogP contribution in [0.2, 0.25) is 0 Å². The lowest BCUT2D eigenvalue weighted by atomic mass is 10.1. The van der Waals surface area contributed by atoms with Gasteiger partial charge in [-0.25, -0.2) is 4.98 Å². The number of rotatable bonds is 6. The zero-order valence-corrected chi connectivity index (χ0v) is 16.0. The first-order chi connectivity index (χ1) is 13.4. The monoisotopic (exact) mass is 395 g/mol. The molecule has 0 unspecified atom stereocenters. The maximum Gasteiger partial charge on any atom is 0.270 e. The summed E-state index contributed by atoms with van der Waals surface area (Å²) in [6.45, 7) is 3.43. The fraction of sp³-hybridized carbons (Fsp3) is 0.105. The smallest absolute Gasteiger partial charge is 0.270 e. The Kier molecular flexibility index (Phi) is 5.75. The molecule has 0 fully saturated rings. The number of nitro benzene ring substituents is 1. The Hall–Kier alpha value is -3.59. The quantitative estimate of drug-likeness (QED) is 0.364. The zero-order valence-electron chi connectivity index (χ0n) is 15.2. The Morgan fingerprint density at radius 1 is 1.25 bits per heavy atom. The van der Waals surface area contributed by atoms with Crippen LogP contribution in [0.25, 0.3) is 11.3 Å². The molecule has 0 aliphatic heterocycles. The third-order valence-corrected chi connectivity index (χ3v) is 4.57.